The van der Waals surface area contributed by atoms with Crippen LogP contribution in [0.2, 0.25) is 0 Å². The van der Waals surface area contributed by atoms with Crippen molar-refractivity contribution in [3.63, 3.8) is 0 Å². The molecule has 1 aliphatic rings. The second-order valence-electron chi connectivity index (χ2n) is 6.07. The van der Waals surface area contributed by atoms with Crippen molar-refractivity contribution in [1.82, 2.24) is 14.9 Å². The summed E-state index contributed by atoms with van der Waals surface area (Å²) in [4.78, 5) is 29.2. The molecule has 0 bridgehead atoms. The SMILES string of the molecule is O=C1NC(=O)C(c2cn(COCCS)c3ccccc23)=C1c1cccnc1. The van der Waals surface area contributed by atoms with Crippen molar-refractivity contribution in [1.29, 1.82) is 0 Å². The minimum absolute atomic E-state index is 0.339. The van der Waals surface area contributed by atoms with Gasteiger partial charge in [-0.1, -0.05) is 24.3 Å². The molecular weight excluding hydrogens is 362 g/mol. The quantitative estimate of drug-likeness (QED) is 0.392. The highest BCUT2D eigenvalue weighted by Gasteiger charge is 2.33. The maximum atomic E-state index is 12.6. The molecule has 3 aromatic rings. The predicted molar refractivity (Wildman–Crippen MR) is 106 cm³/mol. The summed E-state index contributed by atoms with van der Waals surface area (Å²) in [6.45, 7) is 0.861. The fourth-order valence-electron chi connectivity index (χ4n) is 3.28. The summed E-state index contributed by atoms with van der Waals surface area (Å²) in [7, 11) is 0. The highest BCUT2D eigenvalue weighted by molar-refractivity contribution is 7.80. The molecule has 0 saturated heterocycles. The van der Waals surface area contributed by atoms with E-state index < -0.39 is 11.8 Å². The lowest BCUT2D eigenvalue weighted by Gasteiger charge is -2.05. The highest BCUT2D eigenvalue weighted by Crippen LogP contribution is 2.35. The molecule has 0 spiro atoms. The zero-order valence-electron chi connectivity index (χ0n) is 14.4. The lowest BCUT2D eigenvalue weighted by Crippen LogP contribution is -2.22. The first-order valence-electron chi connectivity index (χ1n) is 8.48. The van der Waals surface area contributed by atoms with Crippen molar-refractivity contribution >= 4 is 46.5 Å². The van der Waals surface area contributed by atoms with Gasteiger partial charge in [-0.2, -0.15) is 12.6 Å². The number of amides is 2. The molecule has 6 nitrogen and oxygen atoms in total. The molecule has 1 aromatic carbocycles. The molecule has 0 fully saturated rings. The summed E-state index contributed by atoms with van der Waals surface area (Å²) in [5.41, 5.74) is 2.93. The Labute approximate surface area is 161 Å². The number of pyridine rings is 1. The Balaban J connectivity index is 1.91. The topological polar surface area (TPSA) is 73.2 Å². The molecule has 0 aliphatic carbocycles. The van der Waals surface area contributed by atoms with Gasteiger partial charge >= 0.3 is 0 Å². The fourth-order valence-corrected chi connectivity index (χ4v) is 3.41. The molecule has 1 aliphatic heterocycles. The van der Waals surface area contributed by atoms with Crippen molar-refractivity contribution in [3.05, 3.63) is 66.1 Å². The van der Waals surface area contributed by atoms with Crippen LogP contribution in [0.3, 0.4) is 0 Å². The van der Waals surface area contributed by atoms with Crippen LogP contribution >= 0.6 is 12.6 Å². The molecular formula is C20H17N3O3S. The van der Waals surface area contributed by atoms with Crippen LogP contribution in [0.25, 0.3) is 22.0 Å². The number of fused-ring (bicyclic) bond motifs is 1. The van der Waals surface area contributed by atoms with Crippen LogP contribution < -0.4 is 5.32 Å². The molecule has 2 aromatic heterocycles. The Morgan fingerprint density at radius 2 is 1.89 bits per heavy atom. The fraction of sp³-hybridized carbons (Fsp3) is 0.150. The van der Waals surface area contributed by atoms with Crippen LogP contribution in [0.5, 0.6) is 0 Å². The number of hydrogen-bond acceptors (Lipinski definition) is 5. The lowest BCUT2D eigenvalue weighted by molar-refractivity contribution is -0.122. The van der Waals surface area contributed by atoms with Gasteiger partial charge in [-0.25, -0.2) is 0 Å². The first-order valence-corrected chi connectivity index (χ1v) is 9.11. The van der Waals surface area contributed by atoms with Crippen molar-refractivity contribution in [3.8, 4) is 0 Å². The Morgan fingerprint density at radius 1 is 1.07 bits per heavy atom. The maximum absolute atomic E-state index is 12.6. The molecule has 3 heterocycles. The van der Waals surface area contributed by atoms with Gasteiger partial charge in [-0.05, 0) is 12.1 Å². The van der Waals surface area contributed by atoms with Crippen molar-refractivity contribution < 1.29 is 14.3 Å². The van der Waals surface area contributed by atoms with E-state index in [2.05, 4.69) is 22.9 Å². The third kappa shape index (κ3) is 3.15. The third-order valence-electron chi connectivity index (χ3n) is 4.41. The van der Waals surface area contributed by atoms with E-state index in [1.807, 2.05) is 35.0 Å². The van der Waals surface area contributed by atoms with Crippen molar-refractivity contribution in [2.45, 2.75) is 6.73 Å². The van der Waals surface area contributed by atoms with E-state index in [0.717, 1.165) is 10.9 Å². The predicted octanol–water partition coefficient (Wildman–Crippen LogP) is 2.51. The van der Waals surface area contributed by atoms with Crippen molar-refractivity contribution in [2.75, 3.05) is 12.4 Å². The number of nitrogens with zero attached hydrogens (tertiary/aromatic N) is 2. The van der Waals surface area contributed by atoms with Crippen LogP contribution in [-0.4, -0.2) is 33.7 Å². The van der Waals surface area contributed by atoms with Gasteiger partial charge in [0.15, 0.2) is 0 Å². The van der Waals surface area contributed by atoms with Gasteiger partial charge in [0.25, 0.3) is 11.8 Å². The molecule has 0 atom stereocenters. The number of rotatable bonds is 6. The molecule has 0 saturated carbocycles. The van der Waals surface area contributed by atoms with Gasteiger partial charge in [0, 0.05) is 40.9 Å². The van der Waals surface area contributed by atoms with E-state index in [0.29, 0.717) is 41.4 Å². The Hall–Kier alpha value is -2.90. The number of benzene rings is 1. The third-order valence-corrected chi connectivity index (χ3v) is 4.59. The molecule has 2 amide bonds. The number of carbonyl (C=O) groups is 2. The summed E-state index contributed by atoms with van der Waals surface area (Å²) >= 11 is 4.15. The lowest BCUT2D eigenvalue weighted by atomic mass is 9.97. The Bertz CT molecular complexity index is 1060. The average Bonchev–Trinajstić information content (AvgIpc) is 3.19. The highest BCUT2D eigenvalue weighted by atomic mass is 32.1. The average molecular weight is 379 g/mol. The summed E-state index contributed by atoms with van der Waals surface area (Å²) in [6, 6.07) is 11.2. The van der Waals surface area contributed by atoms with Gasteiger partial charge in [-0.15, -0.1) is 0 Å². The standard InChI is InChI=1S/C20H17N3O3S/c24-19-17(13-4-3-7-21-10-13)18(20(25)22-19)15-11-23(12-26-8-9-27)16-6-2-1-5-14(15)16/h1-7,10-11,27H,8-9,12H2,(H,22,24,25). The number of para-hydroxylation sites is 1. The summed E-state index contributed by atoms with van der Waals surface area (Å²) in [5, 5.41) is 3.29. The number of carbonyl (C=O) groups excluding carboxylic acids is 2. The van der Waals surface area contributed by atoms with E-state index in [-0.39, 0.29) is 0 Å². The number of hydrogen-bond donors (Lipinski definition) is 2. The number of thiol groups is 1. The largest absolute Gasteiger partial charge is 0.360 e. The molecule has 136 valence electrons. The maximum Gasteiger partial charge on any atom is 0.259 e. The molecule has 0 unspecified atom stereocenters. The number of ether oxygens (including phenoxy) is 1. The molecule has 1 N–H and O–H groups in total. The zero-order valence-corrected chi connectivity index (χ0v) is 15.3. The number of imide groups is 1. The Kier molecular flexibility index (Phi) is 4.79. The second kappa shape index (κ2) is 7.38. The van der Waals surface area contributed by atoms with Crippen LogP contribution in [0.4, 0.5) is 0 Å². The van der Waals surface area contributed by atoms with Crippen LogP contribution in [0, 0.1) is 0 Å². The van der Waals surface area contributed by atoms with E-state index in [1.54, 1.807) is 24.5 Å². The second-order valence-corrected chi connectivity index (χ2v) is 6.51. The van der Waals surface area contributed by atoms with E-state index in [9.17, 15) is 9.59 Å². The normalized spacial score (nSPS) is 14.3. The molecule has 0 radical (unpaired) electrons. The van der Waals surface area contributed by atoms with E-state index in [4.69, 9.17) is 4.74 Å². The van der Waals surface area contributed by atoms with Gasteiger partial charge < -0.3 is 9.30 Å². The number of nitrogens with one attached hydrogen (secondary N) is 1. The first-order chi connectivity index (χ1) is 13.2. The first kappa shape index (κ1) is 17.5. The monoisotopic (exact) mass is 379 g/mol. The summed E-state index contributed by atoms with van der Waals surface area (Å²) in [6.07, 6.45) is 5.07. The molecule has 4 rings (SSSR count). The minimum Gasteiger partial charge on any atom is -0.360 e. The number of aromatic nitrogens is 2. The van der Waals surface area contributed by atoms with Gasteiger partial charge in [0.2, 0.25) is 0 Å². The summed E-state index contributed by atoms with van der Waals surface area (Å²) < 4.78 is 7.53. The van der Waals surface area contributed by atoms with Crippen LogP contribution in [0.1, 0.15) is 11.1 Å². The van der Waals surface area contributed by atoms with Crippen LogP contribution in [0.15, 0.2) is 55.0 Å². The Morgan fingerprint density at radius 3 is 2.67 bits per heavy atom. The summed E-state index contributed by atoms with van der Waals surface area (Å²) in [5.74, 6) is -0.191. The van der Waals surface area contributed by atoms with Crippen molar-refractivity contribution in [2.24, 2.45) is 0 Å². The minimum atomic E-state index is -0.411. The van der Waals surface area contributed by atoms with Gasteiger partial charge in [0.1, 0.15) is 6.73 Å². The zero-order chi connectivity index (χ0) is 18.8. The molecule has 27 heavy (non-hydrogen) atoms. The van der Waals surface area contributed by atoms with Gasteiger partial charge in [-0.3, -0.25) is 19.9 Å². The van der Waals surface area contributed by atoms with E-state index >= 15 is 0 Å². The molecule has 7 heteroatoms. The van der Waals surface area contributed by atoms with Gasteiger partial charge in [0.05, 0.1) is 23.3 Å². The van der Waals surface area contributed by atoms with E-state index in [1.165, 1.54) is 0 Å². The smallest absolute Gasteiger partial charge is 0.259 e. The van der Waals surface area contributed by atoms with Crippen LogP contribution in [-0.2, 0) is 21.1 Å².